The minimum absolute atomic E-state index is 0.0196. The van der Waals surface area contributed by atoms with Crippen LogP contribution in [0.5, 0.6) is 5.75 Å². The molecule has 0 saturated heterocycles. The van der Waals surface area contributed by atoms with Crippen LogP contribution in [0.15, 0.2) is 53.4 Å². The van der Waals surface area contributed by atoms with Crippen molar-refractivity contribution in [2.45, 2.75) is 45.1 Å². The van der Waals surface area contributed by atoms with Gasteiger partial charge in [-0.05, 0) is 69.7 Å². The van der Waals surface area contributed by atoms with Gasteiger partial charge in [-0.15, -0.1) is 0 Å². The number of nitrogens with zero attached hydrogens (tertiary/aromatic N) is 4. The van der Waals surface area contributed by atoms with Gasteiger partial charge in [-0.1, -0.05) is 17.4 Å². The second-order valence-corrected chi connectivity index (χ2v) is 11.7. The molecule has 0 radical (unpaired) electrons. The number of carbonyl (C=O) groups excluding carboxylic acids is 1. The SMILES string of the molecule is CCOc1cccc2sc(N(CCn3nc(C)cc3C)C(=O)CCCS(=O)(=O)c3ccc(F)cc3)nc12. The van der Waals surface area contributed by atoms with Gasteiger partial charge in [0.2, 0.25) is 5.91 Å². The molecule has 4 aromatic rings. The van der Waals surface area contributed by atoms with Crippen LogP contribution in [0, 0.1) is 19.7 Å². The highest BCUT2D eigenvalue weighted by molar-refractivity contribution is 7.91. The molecule has 11 heteroatoms. The lowest BCUT2D eigenvalue weighted by atomic mass is 10.3. The van der Waals surface area contributed by atoms with Crippen LogP contribution < -0.4 is 9.64 Å². The van der Waals surface area contributed by atoms with E-state index in [-0.39, 0.29) is 29.4 Å². The number of rotatable bonds is 11. The molecule has 37 heavy (non-hydrogen) atoms. The van der Waals surface area contributed by atoms with Crippen LogP contribution in [0.4, 0.5) is 9.52 Å². The summed E-state index contributed by atoms with van der Waals surface area (Å²) in [5, 5.41) is 5.01. The number of hydrogen-bond acceptors (Lipinski definition) is 7. The first-order valence-electron chi connectivity index (χ1n) is 12.0. The molecule has 1 amide bonds. The Kier molecular flexibility index (Phi) is 8.23. The Balaban J connectivity index is 1.54. The van der Waals surface area contributed by atoms with Gasteiger partial charge in [-0.25, -0.2) is 17.8 Å². The number of thiazole rings is 1. The summed E-state index contributed by atoms with van der Waals surface area (Å²) >= 11 is 1.39. The molecule has 0 saturated carbocycles. The molecule has 2 heterocycles. The summed E-state index contributed by atoms with van der Waals surface area (Å²) in [5.41, 5.74) is 2.56. The summed E-state index contributed by atoms with van der Waals surface area (Å²) < 4.78 is 46.9. The van der Waals surface area contributed by atoms with E-state index in [1.165, 1.54) is 23.5 Å². The van der Waals surface area contributed by atoms with E-state index in [0.717, 1.165) is 28.2 Å². The lowest BCUT2D eigenvalue weighted by molar-refractivity contribution is -0.118. The second-order valence-electron chi connectivity index (χ2n) is 8.60. The molecule has 196 valence electrons. The van der Waals surface area contributed by atoms with Gasteiger partial charge in [0.05, 0.1) is 34.2 Å². The maximum Gasteiger partial charge on any atom is 0.228 e. The number of benzene rings is 2. The Hall–Kier alpha value is -3.31. The standard InChI is InChI=1S/C26H29FN4O4S2/c1-4-35-22-7-5-8-23-25(22)28-26(36-23)30(14-15-31-19(3)17-18(2)29-31)24(32)9-6-16-37(33,34)21-12-10-20(27)11-13-21/h5,7-8,10-13,17H,4,6,9,14-16H2,1-3H3. The van der Waals surface area contributed by atoms with Crippen LogP contribution in [-0.2, 0) is 21.2 Å². The third-order valence-electron chi connectivity index (χ3n) is 5.82. The number of amides is 1. The molecule has 0 bridgehead atoms. The van der Waals surface area contributed by atoms with Gasteiger partial charge in [-0.2, -0.15) is 5.10 Å². The predicted octanol–water partition coefficient (Wildman–Crippen LogP) is 4.93. The number of fused-ring (bicyclic) bond motifs is 1. The molecule has 0 unspecified atom stereocenters. The van der Waals surface area contributed by atoms with Gasteiger partial charge in [-0.3, -0.25) is 14.4 Å². The lowest BCUT2D eigenvalue weighted by Crippen LogP contribution is -2.34. The maximum absolute atomic E-state index is 13.4. The molecule has 0 aliphatic rings. The molecule has 0 spiro atoms. The number of hydrogen-bond donors (Lipinski definition) is 0. The first-order chi connectivity index (χ1) is 17.7. The number of ether oxygens (including phenoxy) is 1. The Morgan fingerprint density at radius 3 is 2.59 bits per heavy atom. The van der Waals surface area contributed by atoms with Gasteiger partial charge in [0.1, 0.15) is 17.1 Å². The maximum atomic E-state index is 13.4. The van der Waals surface area contributed by atoms with Gasteiger partial charge in [0, 0.05) is 18.7 Å². The third kappa shape index (κ3) is 6.34. The van der Waals surface area contributed by atoms with Gasteiger partial charge in [0.15, 0.2) is 15.0 Å². The molecule has 0 aliphatic carbocycles. The monoisotopic (exact) mass is 544 g/mol. The summed E-state index contributed by atoms with van der Waals surface area (Å²) in [4.78, 5) is 19.8. The summed E-state index contributed by atoms with van der Waals surface area (Å²) in [6.45, 7) is 7.06. The highest BCUT2D eigenvalue weighted by Gasteiger charge is 2.23. The Labute approximate surface area is 219 Å². The van der Waals surface area contributed by atoms with E-state index < -0.39 is 15.7 Å². The third-order valence-corrected chi connectivity index (χ3v) is 8.68. The highest BCUT2D eigenvalue weighted by Crippen LogP contribution is 2.34. The normalized spacial score (nSPS) is 11.7. The molecule has 0 atom stereocenters. The average molecular weight is 545 g/mol. The quantitative estimate of drug-likeness (QED) is 0.249. The Morgan fingerprint density at radius 1 is 1.16 bits per heavy atom. The van der Waals surface area contributed by atoms with Crippen molar-refractivity contribution in [3.63, 3.8) is 0 Å². The van der Waals surface area contributed by atoms with Gasteiger partial charge >= 0.3 is 0 Å². The van der Waals surface area contributed by atoms with Crippen molar-refractivity contribution in [3.05, 3.63) is 65.7 Å². The number of aromatic nitrogens is 3. The van der Waals surface area contributed by atoms with Gasteiger partial charge < -0.3 is 4.74 Å². The predicted molar refractivity (Wildman–Crippen MR) is 143 cm³/mol. The van der Waals surface area contributed by atoms with Crippen molar-refractivity contribution in [1.82, 2.24) is 14.8 Å². The lowest BCUT2D eigenvalue weighted by Gasteiger charge is -2.20. The van der Waals surface area contributed by atoms with Crippen LogP contribution in [0.3, 0.4) is 0 Å². The topological polar surface area (TPSA) is 94.4 Å². The van der Waals surface area contributed by atoms with Crippen LogP contribution in [0.2, 0.25) is 0 Å². The molecule has 4 rings (SSSR count). The Bertz CT molecular complexity index is 1500. The van der Waals surface area contributed by atoms with Crippen molar-refractivity contribution in [3.8, 4) is 5.75 Å². The van der Waals surface area contributed by atoms with Crippen molar-refractivity contribution in [2.75, 3.05) is 23.8 Å². The van der Waals surface area contributed by atoms with E-state index in [2.05, 4.69) is 5.10 Å². The fourth-order valence-electron chi connectivity index (χ4n) is 4.03. The Morgan fingerprint density at radius 2 is 1.92 bits per heavy atom. The number of halogens is 1. The zero-order chi connectivity index (χ0) is 26.6. The van der Waals surface area contributed by atoms with Crippen LogP contribution in [0.25, 0.3) is 10.2 Å². The van der Waals surface area contributed by atoms with E-state index in [1.54, 1.807) is 4.90 Å². The summed E-state index contributed by atoms with van der Waals surface area (Å²) in [6.07, 6.45) is 0.149. The number of sulfone groups is 1. The molecular formula is C26H29FN4O4S2. The number of para-hydroxylation sites is 1. The van der Waals surface area contributed by atoms with Crippen molar-refractivity contribution in [2.24, 2.45) is 0 Å². The van der Waals surface area contributed by atoms with Crippen molar-refractivity contribution in [1.29, 1.82) is 0 Å². The van der Waals surface area contributed by atoms with E-state index in [9.17, 15) is 17.6 Å². The fraction of sp³-hybridized carbons (Fsp3) is 0.346. The van der Waals surface area contributed by atoms with Crippen molar-refractivity contribution >= 4 is 42.4 Å². The number of aryl methyl sites for hydroxylation is 2. The molecule has 0 N–H and O–H groups in total. The molecular weight excluding hydrogens is 515 g/mol. The smallest absolute Gasteiger partial charge is 0.228 e. The van der Waals surface area contributed by atoms with E-state index in [4.69, 9.17) is 9.72 Å². The summed E-state index contributed by atoms with van der Waals surface area (Å²) in [5.74, 6) is -0.299. The zero-order valence-electron chi connectivity index (χ0n) is 21.0. The van der Waals surface area contributed by atoms with Crippen LogP contribution in [-0.4, -0.2) is 48.0 Å². The van der Waals surface area contributed by atoms with E-state index >= 15 is 0 Å². The second kappa shape index (κ2) is 11.4. The zero-order valence-corrected chi connectivity index (χ0v) is 22.6. The fourth-order valence-corrected chi connectivity index (χ4v) is 6.37. The van der Waals surface area contributed by atoms with Crippen LogP contribution in [0.1, 0.15) is 31.2 Å². The molecule has 0 aliphatic heterocycles. The summed E-state index contributed by atoms with van der Waals surface area (Å²) in [6, 6.07) is 12.3. The molecule has 0 fully saturated rings. The average Bonchev–Trinajstić information content (AvgIpc) is 3.42. The molecule has 2 aromatic heterocycles. The first-order valence-corrected chi connectivity index (χ1v) is 14.5. The van der Waals surface area contributed by atoms with E-state index in [0.29, 0.717) is 36.1 Å². The minimum Gasteiger partial charge on any atom is -0.492 e. The minimum atomic E-state index is -3.63. The first kappa shape index (κ1) is 26.7. The molecule has 8 nitrogen and oxygen atoms in total. The summed E-state index contributed by atoms with van der Waals surface area (Å²) in [7, 11) is -3.63. The number of carbonyl (C=O) groups is 1. The van der Waals surface area contributed by atoms with E-state index in [1.807, 2.05) is 49.7 Å². The largest absolute Gasteiger partial charge is 0.492 e. The highest BCUT2D eigenvalue weighted by atomic mass is 32.2. The van der Waals surface area contributed by atoms with Gasteiger partial charge in [0.25, 0.3) is 0 Å². The van der Waals surface area contributed by atoms with Crippen LogP contribution >= 0.6 is 11.3 Å². The number of anilines is 1. The molecule has 2 aromatic carbocycles. The van der Waals surface area contributed by atoms with Crippen molar-refractivity contribution < 1.29 is 22.3 Å².